The molecule has 10 nitrogen and oxygen atoms in total. The van der Waals surface area contributed by atoms with Crippen molar-refractivity contribution >= 4 is 60.5 Å². The van der Waals surface area contributed by atoms with Gasteiger partial charge in [0.2, 0.25) is 16.0 Å². The van der Waals surface area contributed by atoms with Crippen LogP contribution in [0.5, 0.6) is 0 Å². The Balaban J connectivity index is 1.24. The van der Waals surface area contributed by atoms with Gasteiger partial charge < -0.3 is 21.5 Å². The van der Waals surface area contributed by atoms with E-state index in [-0.39, 0.29) is 24.1 Å². The second-order valence-electron chi connectivity index (χ2n) is 8.92. The normalized spacial score (nSPS) is 15.0. The number of aromatic nitrogens is 3. The van der Waals surface area contributed by atoms with E-state index < -0.39 is 10.0 Å². The fourth-order valence-electron chi connectivity index (χ4n) is 4.41. The van der Waals surface area contributed by atoms with Crippen LogP contribution in [-0.4, -0.2) is 65.1 Å². The second kappa shape index (κ2) is 11.5. The van der Waals surface area contributed by atoms with Crippen LogP contribution in [0.3, 0.4) is 0 Å². The second-order valence-corrected chi connectivity index (χ2v) is 11.9. The Labute approximate surface area is 225 Å². The summed E-state index contributed by atoms with van der Waals surface area (Å²) in [5.41, 5.74) is 9.19. The molecule has 3 heterocycles. The number of anilines is 3. The number of piperidine rings is 1. The lowest BCUT2D eigenvalue weighted by Gasteiger charge is -2.33. The molecule has 0 radical (unpaired) electrons. The SMILES string of the molecule is Nc1nc2ccc(C=Cc3cnc(Nc4ccc(S(=O)(=O)N(CCO)C5CCNCC5)cc4)nc3)cc2s1. The van der Waals surface area contributed by atoms with Gasteiger partial charge in [0.1, 0.15) is 0 Å². The van der Waals surface area contributed by atoms with Crippen LogP contribution in [-0.2, 0) is 10.0 Å². The molecule has 12 heteroatoms. The summed E-state index contributed by atoms with van der Waals surface area (Å²) in [7, 11) is -3.73. The van der Waals surface area contributed by atoms with Crippen molar-refractivity contribution in [2.75, 3.05) is 37.3 Å². The van der Waals surface area contributed by atoms with Gasteiger partial charge in [-0.3, -0.25) is 0 Å². The molecule has 4 aromatic rings. The topological polar surface area (TPSA) is 146 Å². The number of aliphatic hydroxyl groups excluding tert-OH is 1. The van der Waals surface area contributed by atoms with Gasteiger partial charge in [-0.05, 0) is 67.9 Å². The average Bonchev–Trinajstić information content (AvgIpc) is 3.31. The molecule has 198 valence electrons. The molecule has 0 saturated carbocycles. The Hall–Kier alpha value is -3.42. The van der Waals surface area contributed by atoms with E-state index in [9.17, 15) is 13.5 Å². The predicted octanol–water partition coefficient (Wildman–Crippen LogP) is 3.32. The number of rotatable bonds is 9. The zero-order chi connectivity index (χ0) is 26.5. The van der Waals surface area contributed by atoms with Crippen LogP contribution in [0, 0.1) is 0 Å². The maximum absolute atomic E-state index is 13.3. The first-order valence-corrected chi connectivity index (χ1v) is 14.5. The van der Waals surface area contributed by atoms with Crippen molar-refractivity contribution in [2.24, 2.45) is 0 Å². The summed E-state index contributed by atoms with van der Waals surface area (Å²) in [6.45, 7) is 1.38. The number of benzene rings is 2. The monoisotopic (exact) mass is 551 g/mol. The molecule has 0 unspecified atom stereocenters. The number of nitrogens with one attached hydrogen (secondary N) is 2. The first-order chi connectivity index (χ1) is 18.4. The minimum atomic E-state index is -3.73. The Morgan fingerprint density at radius 2 is 1.79 bits per heavy atom. The molecule has 1 saturated heterocycles. The molecule has 0 bridgehead atoms. The highest BCUT2D eigenvalue weighted by Gasteiger charge is 2.31. The van der Waals surface area contributed by atoms with Gasteiger partial charge in [-0.2, -0.15) is 4.31 Å². The number of nitrogens with two attached hydrogens (primary N) is 1. The van der Waals surface area contributed by atoms with E-state index in [4.69, 9.17) is 5.73 Å². The fraction of sp³-hybridized carbons (Fsp3) is 0.269. The fourth-order valence-corrected chi connectivity index (χ4v) is 6.87. The van der Waals surface area contributed by atoms with Crippen LogP contribution in [0.4, 0.5) is 16.8 Å². The van der Waals surface area contributed by atoms with Gasteiger partial charge in [-0.1, -0.05) is 29.6 Å². The van der Waals surface area contributed by atoms with Gasteiger partial charge in [0.15, 0.2) is 5.13 Å². The maximum atomic E-state index is 13.3. The number of aliphatic hydroxyl groups is 1. The summed E-state index contributed by atoms with van der Waals surface area (Å²) in [5, 5.41) is 16.4. The molecule has 0 atom stereocenters. The Morgan fingerprint density at radius 1 is 1.08 bits per heavy atom. The third kappa shape index (κ3) is 6.00. The number of hydrogen-bond acceptors (Lipinski definition) is 10. The van der Waals surface area contributed by atoms with E-state index in [1.807, 2.05) is 30.4 Å². The third-order valence-electron chi connectivity index (χ3n) is 6.32. The quantitative estimate of drug-likeness (QED) is 0.246. The minimum Gasteiger partial charge on any atom is -0.395 e. The standard InChI is InChI=1S/C26H29N7O3S2/c27-25-32-23-8-3-18(15-24(23)37-25)1-2-19-16-29-26(30-17-19)31-20-4-6-22(7-5-20)38(35,36)33(13-14-34)21-9-11-28-12-10-21/h1-8,15-17,21,28,34H,9-14H2,(H2,27,32)(H,29,30,31). The molecule has 0 spiro atoms. The third-order valence-corrected chi connectivity index (χ3v) is 9.14. The molecule has 0 aliphatic carbocycles. The van der Waals surface area contributed by atoms with Crippen LogP contribution < -0.4 is 16.4 Å². The van der Waals surface area contributed by atoms with Crippen molar-refractivity contribution in [3.05, 3.63) is 66.0 Å². The summed E-state index contributed by atoms with van der Waals surface area (Å²) in [6, 6.07) is 12.3. The molecule has 5 rings (SSSR count). The molecule has 0 amide bonds. The van der Waals surface area contributed by atoms with Crippen LogP contribution in [0.1, 0.15) is 24.0 Å². The molecule has 1 aliphatic heterocycles. The Kier molecular flexibility index (Phi) is 7.95. The summed E-state index contributed by atoms with van der Waals surface area (Å²) in [5.74, 6) is 0.399. The highest BCUT2D eigenvalue weighted by molar-refractivity contribution is 7.89. The molecule has 5 N–H and O–H groups in total. The van der Waals surface area contributed by atoms with Crippen LogP contribution in [0.15, 0.2) is 59.8 Å². The summed E-state index contributed by atoms with van der Waals surface area (Å²) in [6.07, 6.45) is 8.76. The van der Waals surface area contributed by atoms with Gasteiger partial charge in [0.05, 0.1) is 21.7 Å². The summed E-state index contributed by atoms with van der Waals surface area (Å²) in [4.78, 5) is 13.2. The van der Waals surface area contributed by atoms with Crippen LogP contribution >= 0.6 is 11.3 Å². The number of nitrogen functional groups attached to an aromatic ring is 1. The van der Waals surface area contributed by atoms with E-state index >= 15 is 0 Å². The van der Waals surface area contributed by atoms with Crippen molar-refractivity contribution < 1.29 is 13.5 Å². The first kappa shape index (κ1) is 26.2. The molecule has 2 aromatic carbocycles. The van der Waals surface area contributed by atoms with Crippen LogP contribution in [0.2, 0.25) is 0 Å². The van der Waals surface area contributed by atoms with Crippen molar-refractivity contribution in [1.29, 1.82) is 0 Å². The number of hydrogen-bond donors (Lipinski definition) is 4. The number of thiazole rings is 1. The zero-order valence-corrected chi connectivity index (χ0v) is 22.3. The molecule has 1 fully saturated rings. The lowest BCUT2D eigenvalue weighted by molar-refractivity contribution is 0.204. The molecule has 2 aromatic heterocycles. The molecular formula is C26H29N7O3S2. The van der Waals surface area contributed by atoms with Crippen molar-refractivity contribution in [2.45, 2.75) is 23.8 Å². The van der Waals surface area contributed by atoms with E-state index in [2.05, 4.69) is 25.6 Å². The Bertz CT molecular complexity index is 1510. The first-order valence-electron chi connectivity index (χ1n) is 12.3. The van der Waals surface area contributed by atoms with Crippen molar-refractivity contribution in [1.82, 2.24) is 24.6 Å². The van der Waals surface area contributed by atoms with E-state index in [1.165, 1.54) is 15.6 Å². The van der Waals surface area contributed by atoms with Gasteiger partial charge in [0.25, 0.3) is 0 Å². The molecular weight excluding hydrogens is 522 g/mol. The smallest absolute Gasteiger partial charge is 0.243 e. The Morgan fingerprint density at radius 3 is 2.50 bits per heavy atom. The van der Waals surface area contributed by atoms with E-state index in [0.717, 1.165) is 47.3 Å². The summed E-state index contributed by atoms with van der Waals surface area (Å²) < 4.78 is 29.0. The predicted molar refractivity (Wildman–Crippen MR) is 152 cm³/mol. The molecule has 38 heavy (non-hydrogen) atoms. The van der Waals surface area contributed by atoms with E-state index in [0.29, 0.717) is 16.8 Å². The number of sulfonamides is 1. The lowest BCUT2D eigenvalue weighted by Crippen LogP contribution is -2.47. The van der Waals surface area contributed by atoms with Crippen LogP contribution in [0.25, 0.3) is 22.4 Å². The van der Waals surface area contributed by atoms with Gasteiger partial charge >= 0.3 is 0 Å². The number of fused-ring (bicyclic) bond motifs is 1. The zero-order valence-electron chi connectivity index (χ0n) is 20.6. The van der Waals surface area contributed by atoms with Gasteiger partial charge in [-0.15, -0.1) is 0 Å². The lowest BCUT2D eigenvalue weighted by atomic mass is 10.1. The number of nitrogens with zero attached hydrogens (tertiary/aromatic N) is 4. The van der Waals surface area contributed by atoms with Crippen molar-refractivity contribution in [3.63, 3.8) is 0 Å². The summed E-state index contributed by atoms with van der Waals surface area (Å²) >= 11 is 1.45. The minimum absolute atomic E-state index is 0.0795. The largest absolute Gasteiger partial charge is 0.395 e. The maximum Gasteiger partial charge on any atom is 0.243 e. The highest BCUT2D eigenvalue weighted by atomic mass is 32.2. The van der Waals surface area contributed by atoms with Gasteiger partial charge in [-0.25, -0.2) is 23.4 Å². The molecule has 1 aliphatic rings. The van der Waals surface area contributed by atoms with Gasteiger partial charge in [0, 0.05) is 36.2 Å². The van der Waals surface area contributed by atoms with E-state index in [1.54, 1.807) is 36.7 Å². The highest BCUT2D eigenvalue weighted by Crippen LogP contribution is 2.26. The van der Waals surface area contributed by atoms with Crippen molar-refractivity contribution in [3.8, 4) is 0 Å². The average molecular weight is 552 g/mol.